The smallest absolute Gasteiger partial charge is 0.227 e. The zero-order valence-electron chi connectivity index (χ0n) is 19.6. The van der Waals surface area contributed by atoms with Gasteiger partial charge < -0.3 is 20.1 Å². The van der Waals surface area contributed by atoms with E-state index in [1.165, 1.54) is 6.92 Å². The fourth-order valence-corrected chi connectivity index (χ4v) is 4.11. The van der Waals surface area contributed by atoms with E-state index in [0.29, 0.717) is 30.2 Å². The average molecular weight is 456 g/mol. The molecule has 3 amide bonds. The predicted octanol–water partition coefficient (Wildman–Crippen LogP) is 2.96. The highest BCUT2D eigenvalue weighted by Crippen LogP contribution is 2.34. The molecule has 33 heavy (non-hydrogen) atoms. The molecule has 178 valence electrons. The number of nitrogens with one attached hydrogen (secondary N) is 2. The maximum absolute atomic E-state index is 12.4. The maximum atomic E-state index is 12.4. The molecule has 1 saturated carbocycles. The third kappa shape index (κ3) is 6.87. The Morgan fingerprint density at radius 3 is 2.33 bits per heavy atom. The number of rotatable bonds is 8. The standard InChI is InChI=1S/C24H33N5O4/c1-17(30)27-24(14-6-4-5-7-15-24)23-26-21(33-28-23)13-12-20(31)25-19-10-8-18(9-11-19)16-22(32)29(2)3/h8-11H,4-7,12-16H2,1-3H3,(H,25,31)(H,27,30). The van der Waals surface area contributed by atoms with Crippen molar-refractivity contribution in [2.75, 3.05) is 19.4 Å². The molecule has 0 spiro atoms. The van der Waals surface area contributed by atoms with Gasteiger partial charge in [-0.15, -0.1) is 0 Å². The highest BCUT2D eigenvalue weighted by Gasteiger charge is 2.38. The molecule has 9 nitrogen and oxygen atoms in total. The third-order valence-corrected chi connectivity index (χ3v) is 5.93. The lowest BCUT2D eigenvalue weighted by Gasteiger charge is -2.30. The van der Waals surface area contributed by atoms with Gasteiger partial charge in [0.25, 0.3) is 0 Å². The lowest BCUT2D eigenvalue weighted by atomic mass is 9.89. The Morgan fingerprint density at radius 1 is 1.06 bits per heavy atom. The Morgan fingerprint density at radius 2 is 1.73 bits per heavy atom. The monoisotopic (exact) mass is 455 g/mol. The van der Waals surface area contributed by atoms with Gasteiger partial charge in [-0.3, -0.25) is 14.4 Å². The molecule has 2 N–H and O–H groups in total. The first-order valence-electron chi connectivity index (χ1n) is 11.5. The Kier molecular flexibility index (Phi) is 8.19. The number of carbonyl (C=O) groups is 3. The van der Waals surface area contributed by atoms with Crippen LogP contribution in [0.5, 0.6) is 0 Å². The first-order chi connectivity index (χ1) is 15.8. The van der Waals surface area contributed by atoms with Gasteiger partial charge in [-0.25, -0.2) is 0 Å². The molecule has 0 unspecified atom stereocenters. The molecule has 1 aliphatic rings. The number of hydrogen-bond acceptors (Lipinski definition) is 6. The number of amides is 3. The van der Waals surface area contributed by atoms with Gasteiger partial charge >= 0.3 is 0 Å². The van der Waals surface area contributed by atoms with Crippen molar-refractivity contribution in [3.63, 3.8) is 0 Å². The molecule has 1 aromatic carbocycles. The van der Waals surface area contributed by atoms with Crippen LogP contribution in [0.2, 0.25) is 0 Å². The highest BCUT2D eigenvalue weighted by atomic mass is 16.5. The Labute approximate surface area is 194 Å². The van der Waals surface area contributed by atoms with Gasteiger partial charge in [0.05, 0.1) is 6.42 Å². The lowest BCUT2D eigenvalue weighted by Crippen LogP contribution is -2.45. The van der Waals surface area contributed by atoms with E-state index in [4.69, 9.17) is 4.52 Å². The summed E-state index contributed by atoms with van der Waals surface area (Å²) in [6.45, 7) is 1.50. The van der Waals surface area contributed by atoms with E-state index in [-0.39, 0.29) is 24.1 Å². The number of benzene rings is 1. The van der Waals surface area contributed by atoms with Crippen LogP contribution in [0.3, 0.4) is 0 Å². The van der Waals surface area contributed by atoms with Crippen LogP contribution in [0.25, 0.3) is 0 Å². The Balaban J connectivity index is 1.55. The van der Waals surface area contributed by atoms with Crippen LogP contribution in [0.15, 0.2) is 28.8 Å². The fourth-order valence-electron chi connectivity index (χ4n) is 4.11. The summed E-state index contributed by atoms with van der Waals surface area (Å²) >= 11 is 0. The van der Waals surface area contributed by atoms with E-state index >= 15 is 0 Å². The molecule has 3 rings (SSSR count). The van der Waals surface area contributed by atoms with Gasteiger partial charge in [0, 0.05) is 39.5 Å². The zero-order valence-corrected chi connectivity index (χ0v) is 19.6. The van der Waals surface area contributed by atoms with Crippen LogP contribution in [0.1, 0.15) is 69.1 Å². The summed E-state index contributed by atoms with van der Waals surface area (Å²) in [5.41, 5.74) is 0.953. The molecular weight excluding hydrogens is 422 g/mol. The van der Waals surface area contributed by atoms with E-state index < -0.39 is 5.54 Å². The second kappa shape index (κ2) is 11.1. The van der Waals surface area contributed by atoms with Crippen molar-refractivity contribution >= 4 is 23.4 Å². The average Bonchev–Trinajstić information content (AvgIpc) is 3.13. The van der Waals surface area contributed by atoms with Crippen molar-refractivity contribution in [1.29, 1.82) is 0 Å². The minimum Gasteiger partial charge on any atom is -0.349 e. The molecule has 1 fully saturated rings. The van der Waals surface area contributed by atoms with Crippen molar-refractivity contribution < 1.29 is 18.9 Å². The Hall–Kier alpha value is -3.23. The maximum Gasteiger partial charge on any atom is 0.227 e. The summed E-state index contributed by atoms with van der Waals surface area (Å²) in [5.74, 6) is 0.622. The number of nitrogens with zero attached hydrogens (tertiary/aromatic N) is 3. The molecule has 0 saturated heterocycles. The van der Waals surface area contributed by atoms with Crippen molar-refractivity contribution in [2.45, 2.75) is 70.3 Å². The molecule has 1 aromatic heterocycles. The van der Waals surface area contributed by atoms with Gasteiger partial charge in [0.2, 0.25) is 23.6 Å². The molecule has 9 heteroatoms. The van der Waals surface area contributed by atoms with Gasteiger partial charge in [0.1, 0.15) is 5.54 Å². The van der Waals surface area contributed by atoms with Crippen molar-refractivity contribution in [1.82, 2.24) is 20.4 Å². The van der Waals surface area contributed by atoms with E-state index in [2.05, 4.69) is 20.8 Å². The SMILES string of the molecule is CC(=O)NC1(c2noc(CCC(=O)Nc3ccc(CC(=O)N(C)C)cc3)n2)CCCCCC1. The number of aromatic nitrogens is 2. The number of anilines is 1. The molecule has 0 bridgehead atoms. The zero-order chi connectivity index (χ0) is 23.8. The van der Waals surface area contributed by atoms with Crippen LogP contribution < -0.4 is 10.6 Å². The summed E-state index contributed by atoms with van der Waals surface area (Å²) in [6, 6.07) is 7.22. The van der Waals surface area contributed by atoms with Gasteiger partial charge in [-0.2, -0.15) is 4.98 Å². The van der Waals surface area contributed by atoms with Gasteiger partial charge in [-0.1, -0.05) is 43.0 Å². The van der Waals surface area contributed by atoms with Crippen LogP contribution >= 0.6 is 0 Å². The fraction of sp³-hybridized carbons (Fsp3) is 0.542. The Bertz CT molecular complexity index is 959. The van der Waals surface area contributed by atoms with E-state index in [1.807, 2.05) is 12.1 Å². The van der Waals surface area contributed by atoms with Crippen LogP contribution in [-0.4, -0.2) is 46.9 Å². The largest absolute Gasteiger partial charge is 0.349 e. The topological polar surface area (TPSA) is 117 Å². The highest BCUT2D eigenvalue weighted by molar-refractivity contribution is 5.90. The van der Waals surface area contributed by atoms with Crippen LogP contribution in [0.4, 0.5) is 5.69 Å². The second-order valence-corrected chi connectivity index (χ2v) is 8.90. The summed E-state index contributed by atoms with van der Waals surface area (Å²) in [6.07, 6.45) is 6.62. The molecule has 2 aromatic rings. The van der Waals surface area contributed by atoms with Gasteiger partial charge in [0.15, 0.2) is 5.82 Å². The minimum atomic E-state index is -0.595. The normalized spacial score (nSPS) is 15.4. The number of carbonyl (C=O) groups excluding carboxylic acids is 3. The minimum absolute atomic E-state index is 0.0230. The third-order valence-electron chi connectivity index (χ3n) is 5.93. The summed E-state index contributed by atoms with van der Waals surface area (Å²) < 4.78 is 5.41. The van der Waals surface area contributed by atoms with E-state index in [1.54, 1.807) is 31.1 Å². The van der Waals surface area contributed by atoms with E-state index in [9.17, 15) is 14.4 Å². The summed E-state index contributed by atoms with van der Waals surface area (Å²) in [5, 5.41) is 10.1. The number of hydrogen-bond donors (Lipinski definition) is 2. The molecular formula is C24H33N5O4. The van der Waals surface area contributed by atoms with Crippen LogP contribution in [0, 0.1) is 0 Å². The van der Waals surface area contributed by atoms with Gasteiger partial charge in [-0.05, 0) is 30.5 Å². The predicted molar refractivity (Wildman–Crippen MR) is 123 cm³/mol. The molecule has 0 atom stereocenters. The molecule has 0 radical (unpaired) electrons. The first kappa shape index (κ1) is 24.4. The number of likely N-dealkylation sites (N-methyl/N-ethyl adjacent to an activating group) is 1. The summed E-state index contributed by atoms with van der Waals surface area (Å²) in [7, 11) is 3.44. The molecule has 0 aliphatic heterocycles. The van der Waals surface area contributed by atoms with E-state index in [0.717, 1.165) is 44.1 Å². The molecule has 1 heterocycles. The van der Waals surface area contributed by atoms with Crippen molar-refractivity contribution in [3.8, 4) is 0 Å². The lowest BCUT2D eigenvalue weighted by molar-refractivity contribution is -0.128. The van der Waals surface area contributed by atoms with Crippen LogP contribution in [-0.2, 0) is 32.8 Å². The van der Waals surface area contributed by atoms with Crippen molar-refractivity contribution in [3.05, 3.63) is 41.5 Å². The quantitative estimate of drug-likeness (QED) is 0.591. The second-order valence-electron chi connectivity index (χ2n) is 8.90. The number of aryl methyl sites for hydroxylation is 1. The van der Waals surface area contributed by atoms with Crippen molar-refractivity contribution in [2.24, 2.45) is 0 Å². The summed E-state index contributed by atoms with van der Waals surface area (Å²) in [4.78, 5) is 42.1. The first-order valence-corrected chi connectivity index (χ1v) is 11.5. The molecule has 1 aliphatic carbocycles.